The lowest BCUT2D eigenvalue weighted by Crippen LogP contribution is -2.30. The Labute approximate surface area is 143 Å². The van der Waals surface area contributed by atoms with Crippen LogP contribution < -0.4 is 0 Å². The molecule has 7 heteroatoms. The Balaban J connectivity index is 1.61. The molecule has 0 N–H and O–H groups in total. The first-order valence-electron chi connectivity index (χ1n) is 7.84. The summed E-state index contributed by atoms with van der Waals surface area (Å²) in [7, 11) is 0. The highest BCUT2D eigenvalue weighted by Gasteiger charge is 2.35. The highest BCUT2D eigenvalue weighted by Crippen LogP contribution is 2.34. The van der Waals surface area contributed by atoms with Gasteiger partial charge in [0.05, 0.1) is 11.2 Å². The second-order valence-corrected chi connectivity index (χ2v) is 6.60. The Hall–Kier alpha value is -2.54. The predicted molar refractivity (Wildman–Crippen MR) is 89.6 cm³/mol. The van der Waals surface area contributed by atoms with E-state index in [1.807, 2.05) is 42.2 Å². The number of carbonyl (C=O) groups excluding carboxylic acids is 1. The molecule has 1 fully saturated rings. The number of thiazole rings is 1. The molecule has 1 atom stereocenters. The maximum atomic E-state index is 12.8. The molecule has 4 rings (SSSR count). The molecule has 1 aromatic carbocycles. The van der Waals surface area contributed by atoms with Crippen molar-refractivity contribution in [2.24, 2.45) is 0 Å². The van der Waals surface area contributed by atoms with Crippen LogP contribution in [0.4, 0.5) is 0 Å². The van der Waals surface area contributed by atoms with Crippen molar-refractivity contribution in [2.75, 3.05) is 6.54 Å². The zero-order chi connectivity index (χ0) is 16.5. The van der Waals surface area contributed by atoms with Gasteiger partial charge in [0.1, 0.15) is 10.9 Å². The van der Waals surface area contributed by atoms with Gasteiger partial charge in [-0.05, 0) is 19.8 Å². The van der Waals surface area contributed by atoms with E-state index in [0.29, 0.717) is 23.1 Å². The van der Waals surface area contributed by atoms with E-state index in [2.05, 4.69) is 15.1 Å². The van der Waals surface area contributed by atoms with Crippen molar-refractivity contribution in [1.29, 1.82) is 0 Å². The molecule has 0 bridgehead atoms. The van der Waals surface area contributed by atoms with Crippen molar-refractivity contribution >= 4 is 17.2 Å². The molecule has 2 aromatic heterocycles. The molecule has 24 heavy (non-hydrogen) atoms. The number of hydrogen-bond acceptors (Lipinski definition) is 6. The quantitative estimate of drug-likeness (QED) is 0.730. The van der Waals surface area contributed by atoms with Crippen LogP contribution in [-0.4, -0.2) is 32.5 Å². The standard InChI is InChI=1S/C17H16N4O2S/c1-11-14(24-10-18-11)17(22)21-9-5-8-13(21)16-19-15(20-23-16)12-6-3-2-4-7-12/h2-4,6-7,10,13H,5,8-9H2,1H3/t13-/m1/s1. The van der Waals surface area contributed by atoms with E-state index in [1.54, 1.807) is 5.51 Å². The van der Waals surface area contributed by atoms with Crippen molar-refractivity contribution in [3.05, 3.63) is 52.3 Å². The van der Waals surface area contributed by atoms with Crippen LogP contribution in [0.15, 0.2) is 40.4 Å². The number of carbonyl (C=O) groups is 1. The van der Waals surface area contributed by atoms with Gasteiger partial charge in [0.2, 0.25) is 11.7 Å². The Bertz CT molecular complexity index is 858. The van der Waals surface area contributed by atoms with E-state index in [0.717, 1.165) is 24.1 Å². The van der Waals surface area contributed by atoms with Gasteiger partial charge in [-0.1, -0.05) is 35.5 Å². The third kappa shape index (κ3) is 2.60. The van der Waals surface area contributed by atoms with Crippen molar-refractivity contribution in [3.63, 3.8) is 0 Å². The molecule has 122 valence electrons. The summed E-state index contributed by atoms with van der Waals surface area (Å²) in [6.07, 6.45) is 1.76. The molecular weight excluding hydrogens is 324 g/mol. The minimum atomic E-state index is -0.163. The normalized spacial score (nSPS) is 17.4. The summed E-state index contributed by atoms with van der Waals surface area (Å²) in [5.74, 6) is 1.05. The average Bonchev–Trinajstić information content (AvgIpc) is 3.35. The Morgan fingerprint density at radius 1 is 1.33 bits per heavy atom. The third-order valence-electron chi connectivity index (χ3n) is 4.21. The third-order valence-corrected chi connectivity index (χ3v) is 5.13. The van der Waals surface area contributed by atoms with Gasteiger partial charge < -0.3 is 9.42 Å². The van der Waals surface area contributed by atoms with Crippen molar-refractivity contribution in [2.45, 2.75) is 25.8 Å². The van der Waals surface area contributed by atoms with Crippen LogP contribution >= 0.6 is 11.3 Å². The first-order chi connectivity index (χ1) is 11.7. The highest BCUT2D eigenvalue weighted by atomic mass is 32.1. The zero-order valence-electron chi connectivity index (χ0n) is 13.2. The van der Waals surface area contributed by atoms with E-state index >= 15 is 0 Å². The van der Waals surface area contributed by atoms with Gasteiger partial charge in [-0.25, -0.2) is 4.98 Å². The molecule has 1 aliphatic rings. The smallest absolute Gasteiger partial charge is 0.266 e. The molecule has 3 heterocycles. The lowest BCUT2D eigenvalue weighted by atomic mass is 10.2. The van der Waals surface area contributed by atoms with E-state index in [-0.39, 0.29) is 11.9 Å². The van der Waals surface area contributed by atoms with Crippen molar-refractivity contribution < 1.29 is 9.32 Å². The molecule has 1 saturated heterocycles. The molecule has 0 unspecified atom stereocenters. The molecule has 1 amide bonds. The van der Waals surface area contributed by atoms with Crippen LogP contribution in [0.1, 0.15) is 40.1 Å². The van der Waals surface area contributed by atoms with Crippen LogP contribution in [0.2, 0.25) is 0 Å². The number of benzene rings is 1. The van der Waals surface area contributed by atoms with E-state index in [1.165, 1.54) is 11.3 Å². The van der Waals surface area contributed by atoms with Crippen molar-refractivity contribution in [3.8, 4) is 11.4 Å². The Kier molecular flexibility index (Phi) is 3.86. The maximum Gasteiger partial charge on any atom is 0.266 e. The fourth-order valence-electron chi connectivity index (χ4n) is 2.98. The Morgan fingerprint density at radius 2 is 2.17 bits per heavy atom. The van der Waals surface area contributed by atoms with Gasteiger partial charge >= 0.3 is 0 Å². The molecule has 3 aromatic rings. The van der Waals surface area contributed by atoms with Gasteiger partial charge in [0.15, 0.2) is 0 Å². The van der Waals surface area contributed by atoms with Gasteiger partial charge in [0.25, 0.3) is 5.91 Å². The summed E-state index contributed by atoms with van der Waals surface area (Å²) in [6.45, 7) is 2.55. The topological polar surface area (TPSA) is 72.1 Å². The van der Waals surface area contributed by atoms with E-state index < -0.39 is 0 Å². The lowest BCUT2D eigenvalue weighted by Gasteiger charge is -2.21. The molecule has 0 radical (unpaired) electrons. The molecule has 0 saturated carbocycles. The summed E-state index contributed by atoms with van der Waals surface area (Å²) < 4.78 is 5.46. The monoisotopic (exact) mass is 340 g/mol. The Morgan fingerprint density at radius 3 is 2.92 bits per heavy atom. The summed E-state index contributed by atoms with van der Waals surface area (Å²) in [5, 5.41) is 4.07. The molecule has 0 spiro atoms. The first kappa shape index (κ1) is 15.0. The largest absolute Gasteiger partial charge is 0.337 e. The van der Waals surface area contributed by atoms with Gasteiger partial charge in [0, 0.05) is 12.1 Å². The number of likely N-dealkylation sites (tertiary alicyclic amines) is 1. The van der Waals surface area contributed by atoms with Crippen LogP contribution in [0.3, 0.4) is 0 Å². The number of aromatic nitrogens is 3. The number of hydrogen-bond donors (Lipinski definition) is 0. The fraction of sp³-hybridized carbons (Fsp3) is 0.294. The van der Waals surface area contributed by atoms with Gasteiger partial charge in [-0.15, -0.1) is 11.3 Å². The molecular formula is C17H16N4O2S. The minimum absolute atomic E-state index is 0.00281. The van der Waals surface area contributed by atoms with Gasteiger partial charge in [-0.2, -0.15) is 4.98 Å². The van der Waals surface area contributed by atoms with Crippen LogP contribution in [-0.2, 0) is 0 Å². The molecule has 6 nitrogen and oxygen atoms in total. The number of amides is 1. The fourth-order valence-corrected chi connectivity index (χ4v) is 3.74. The van der Waals surface area contributed by atoms with Crippen LogP contribution in [0.5, 0.6) is 0 Å². The lowest BCUT2D eigenvalue weighted by molar-refractivity contribution is 0.0714. The van der Waals surface area contributed by atoms with Crippen LogP contribution in [0.25, 0.3) is 11.4 Å². The van der Waals surface area contributed by atoms with Crippen LogP contribution in [0, 0.1) is 6.92 Å². The first-order valence-corrected chi connectivity index (χ1v) is 8.72. The SMILES string of the molecule is Cc1ncsc1C(=O)N1CCC[C@@H]1c1nc(-c2ccccc2)no1. The van der Waals surface area contributed by atoms with E-state index in [9.17, 15) is 4.79 Å². The summed E-state index contributed by atoms with van der Waals surface area (Å²) >= 11 is 1.37. The summed E-state index contributed by atoms with van der Waals surface area (Å²) in [6, 6.07) is 9.52. The highest BCUT2D eigenvalue weighted by molar-refractivity contribution is 7.11. The van der Waals surface area contributed by atoms with E-state index in [4.69, 9.17) is 4.52 Å². The zero-order valence-corrected chi connectivity index (χ0v) is 14.0. The summed E-state index contributed by atoms with van der Waals surface area (Å²) in [5.41, 5.74) is 3.38. The molecule has 0 aliphatic carbocycles. The molecule has 1 aliphatic heterocycles. The van der Waals surface area contributed by atoms with Crippen molar-refractivity contribution in [1.82, 2.24) is 20.0 Å². The average molecular weight is 340 g/mol. The number of rotatable bonds is 3. The number of nitrogens with zero attached hydrogens (tertiary/aromatic N) is 4. The number of aryl methyl sites for hydroxylation is 1. The minimum Gasteiger partial charge on any atom is -0.337 e. The van der Waals surface area contributed by atoms with Gasteiger partial charge in [-0.3, -0.25) is 4.79 Å². The second-order valence-electron chi connectivity index (χ2n) is 5.75. The second kappa shape index (κ2) is 6.16. The predicted octanol–water partition coefficient (Wildman–Crippen LogP) is 3.48. The summed E-state index contributed by atoms with van der Waals surface area (Å²) in [4.78, 5) is 24.0. The maximum absolute atomic E-state index is 12.8.